The third-order valence-electron chi connectivity index (χ3n) is 2.98. The molecule has 15 heavy (non-hydrogen) atoms. The number of fused-ring (bicyclic) bond motifs is 1. The lowest BCUT2D eigenvalue weighted by Crippen LogP contribution is -2.36. The van der Waals surface area contributed by atoms with E-state index < -0.39 is 0 Å². The third-order valence-corrected chi connectivity index (χ3v) is 2.98. The first-order valence-electron chi connectivity index (χ1n) is 5.50. The predicted octanol–water partition coefficient (Wildman–Crippen LogP) is 3.43. The van der Waals surface area contributed by atoms with Crippen molar-refractivity contribution in [2.24, 2.45) is 5.41 Å². The lowest BCUT2D eigenvalue weighted by Gasteiger charge is -2.38. The first-order valence-corrected chi connectivity index (χ1v) is 5.50. The minimum Gasteiger partial charge on any atom is -0.381 e. The maximum absolute atomic E-state index is 4.07. The summed E-state index contributed by atoms with van der Waals surface area (Å²) in [6, 6.07) is 9.05. The molecule has 1 aromatic rings. The minimum atomic E-state index is 0.222. The van der Waals surface area contributed by atoms with E-state index in [4.69, 9.17) is 0 Å². The molecule has 2 rings (SSSR count). The van der Waals surface area contributed by atoms with Crippen LogP contribution in [0.2, 0.25) is 0 Å². The smallest absolute Gasteiger partial charge is 0.0561 e. The molecule has 1 unspecified atom stereocenters. The van der Waals surface area contributed by atoms with E-state index in [1.54, 1.807) is 0 Å². The van der Waals surface area contributed by atoms with Gasteiger partial charge in [0.15, 0.2) is 0 Å². The summed E-state index contributed by atoms with van der Waals surface area (Å²) < 4.78 is 0. The molecule has 0 amide bonds. The predicted molar refractivity (Wildman–Crippen MR) is 64.6 cm³/mol. The van der Waals surface area contributed by atoms with E-state index in [0.717, 1.165) is 12.1 Å². The number of nitrogens with one attached hydrogen (secondary N) is 1. The van der Waals surface area contributed by atoms with E-state index in [2.05, 4.69) is 56.9 Å². The second-order valence-electron chi connectivity index (χ2n) is 5.42. The molecule has 1 aliphatic heterocycles. The van der Waals surface area contributed by atoms with Crippen molar-refractivity contribution in [3.63, 3.8) is 0 Å². The summed E-state index contributed by atoms with van der Waals surface area (Å²) >= 11 is 0. The van der Waals surface area contributed by atoms with Gasteiger partial charge in [0, 0.05) is 12.1 Å². The van der Waals surface area contributed by atoms with Gasteiger partial charge in [0.2, 0.25) is 0 Å². The average Bonchev–Trinajstić information content (AvgIpc) is 2.15. The number of benzene rings is 1. The molecule has 0 spiro atoms. The van der Waals surface area contributed by atoms with Gasteiger partial charge < -0.3 is 5.32 Å². The van der Waals surface area contributed by atoms with Crippen molar-refractivity contribution in [3.05, 3.63) is 47.7 Å². The molecule has 1 heterocycles. The van der Waals surface area contributed by atoms with Gasteiger partial charge in [-0.15, -0.1) is 0 Å². The van der Waals surface area contributed by atoms with Crippen LogP contribution in [-0.2, 0) is 6.42 Å². The summed E-state index contributed by atoms with van der Waals surface area (Å²) in [6.45, 7) is 10.9. The van der Waals surface area contributed by atoms with E-state index in [1.807, 2.05) is 0 Å². The Bertz CT molecular complexity index is 385. The fourth-order valence-corrected chi connectivity index (χ4v) is 2.22. The molecule has 1 aromatic carbocycles. The zero-order valence-corrected chi connectivity index (χ0v) is 9.80. The molecule has 0 fully saturated rings. The average molecular weight is 201 g/mol. The minimum absolute atomic E-state index is 0.222. The van der Waals surface area contributed by atoms with Gasteiger partial charge in [0.1, 0.15) is 0 Å². The van der Waals surface area contributed by atoms with Crippen LogP contribution in [0.15, 0.2) is 36.5 Å². The summed E-state index contributed by atoms with van der Waals surface area (Å²) in [5.41, 5.74) is 4.20. The molecule has 1 heteroatoms. The fourth-order valence-electron chi connectivity index (χ4n) is 2.22. The molecule has 0 radical (unpaired) electrons. The van der Waals surface area contributed by atoms with Crippen molar-refractivity contribution in [3.8, 4) is 0 Å². The topological polar surface area (TPSA) is 12.0 Å². The lowest BCUT2D eigenvalue weighted by molar-refractivity contribution is 0.280. The SMILES string of the molecule is C=C1Cc2ccccc2C(C(C)(C)C)N1. The molecule has 1 atom stereocenters. The van der Waals surface area contributed by atoms with Crippen LogP contribution in [0.5, 0.6) is 0 Å². The maximum atomic E-state index is 4.07. The Morgan fingerprint density at radius 3 is 2.60 bits per heavy atom. The Hall–Kier alpha value is -1.24. The van der Waals surface area contributed by atoms with Crippen LogP contribution >= 0.6 is 0 Å². The number of allylic oxidation sites excluding steroid dienone is 1. The molecule has 0 saturated carbocycles. The molecule has 0 bridgehead atoms. The summed E-state index contributed by atoms with van der Waals surface area (Å²) in [7, 11) is 0. The van der Waals surface area contributed by atoms with Gasteiger partial charge in [0.05, 0.1) is 6.04 Å². The Labute approximate surface area is 92.2 Å². The van der Waals surface area contributed by atoms with Crippen molar-refractivity contribution in [1.82, 2.24) is 5.32 Å². The van der Waals surface area contributed by atoms with E-state index in [0.29, 0.717) is 6.04 Å². The molecular formula is C14H19N. The van der Waals surface area contributed by atoms with Crippen LogP contribution < -0.4 is 5.32 Å². The monoisotopic (exact) mass is 201 g/mol. The number of rotatable bonds is 0. The van der Waals surface area contributed by atoms with E-state index in [1.165, 1.54) is 11.1 Å². The van der Waals surface area contributed by atoms with Crippen LogP contribution in [0.4, 0.5) is 0 Å². The molecule has 0 aromatic heterocycles. The Morgan fingerprint density at radius 2 is 1.93 bits per heavy atom. The van der Waals surface area contributed by atoms with Gasteiger partial charge in [-0.2, -0.15) is 0 Å². The standard InChI is InChI=1S/C14H19N/c1-10-9-11-7-5-6-8-12(11)13(15-10)14(2,3)4/h5-8,13,15H,1,9H2,2-4H3. The number of hydrogen-bond donors (Lipinski definition) is 1. The molecule has 1 aliphatic rings. The van der Waals surface area contributed by atoms with Crippen LogP contribution in [0.25, 0.3) is 0 Å². The van der Waals surface area contributed by atoms with Crippen molar-refractivity contribution in [1.29, 1.82) is 0 Å². The van der Waals surface area contributed by atoms with Gasteiger partial charge in [-0.1, -0.05) is 51.6 Å². The second kappa shape index (κ2) is 3.41. The maximum Gasteiger partial charge on any atom is 0.0561 e. The third kappa shape index (κ3) is 1.92. The zero-order chi connectivity index (χ0) is 11.1. The van der Waals surface area contributed by atoms with Gasteiger partial charge in [0.25, 0.3) is 0 Å². The highest BCUT2D eigenvalue weighted by atomic mass is 15.0. The van der Waals surface area contributed by atoms with Gasteiger partial charge in [-0.05, 0) is 16.5 Å². The number of hydrogen-bond acceptors (Lipinski definition) is 1. The quantitative estimate of drug-likeness (QED) is 0.678. The Morgan fingerprint density at radius 1 is 1.27 bits per heavy atom. The van der Waals surface area contributed by atoms with Gasteiger partial charge in [-0.3, -0.25) is 0 Å². The summed E-state index contributed by atoms with van der Waals surface area (Å²) in [6.07, 6.45) is 0.961. The van der Waals surface area contributed by atoms with E-state index in [-0.39, 0.29) is 5.41 Å². The Kier molecular flexibility index (Phi) is 2.34. The van der Waals surface area contributed by atoms with E-state index in [9.17, 15) is 0 Å². The summed E-state index contributed by atoms with van der Waals surface area (Å²) in [5.74, 6) is 0. The fraction of sp³-hybridized carbons (Fsp3) is 0.429. The Balaban J connectivity index is 2.47. The molecule has 1 N–H and O–H groups in total. The molecule has 0 saturated heterocycles. The highest BCUT2D eigenvalue weighted by molar-refractivity contribution is 5.37. The molecule has 0 aliphatic carbocycles. The summed E-state index contributed by atoms with van der Waals surface area (Å²) in [5, 5.41) is 3.52. The van der Waals surface area contributed by atoms with Crippen molar-refractivity contribution >= 4 is 0 Å². The molecule has 80 valence electrons. The lowest BCUT2D eigenvalue weighted by atomic mass is 9.78. The van der Waals surface area contributed by atoms with E-state index >= 15 is 0 Å². The van der Waals surface area contributed by atoms with Crippen molar-refractivity contribution < 1.29 is 0 Å². The van der Waals surface area contributed by atoms with Gasteiger partial charge in [-0.25, -0.2) is 0 Å². The molecular weight excluding hydrogens is 182 g/mol. The largest absolute Gasteiger partial charge is 0.381 e. The van der Waals surface area contributed by atoms with Gasteiger partial charge >= 0.3 is 0 Å². The molecule has 1 nitrogen and oxygen atoms in total. The van der Waals surface area contributed by atoms with Crippen LogP contribution in [-0.4, -0.2) is 0 Å². The highest BCUT2D eigenvalue weighted by Crippen LogP contribution is 2.38. The van der Waals surface area contributed by atoms with Crippen molar-refractivity contribution in [2.75, 3.05) is 0 Å². The highest BCUT2D eigenvalue weighted by Gasteiger charge is 2.30. The normalized spacial score (nSPS) is 20.7. The van der Waals surface area contributed by atoms with Crippen LogP contribution in [0, 0.1) is 5.41 Å². The summed E-state index contributed by atoms with van der Waals surface area (Å²) in [4.78, 5) is 0. The van der Waals surface area contributed by atoms with Crippen LogP contribution in [0.3, 0.4) is 0 Å². The van der Waals surface area contributed by atoms with Crippen molar-refractivity contribution in [2.45, 2.75) is 33.2 Å². The first kappa shape index (κ1) is 10.3. The zero-order valence-electron chi connectivity index (χ0n) is 9.80. The second-order valence-corrected chi connectivity index (χ2v) is 5.42. The van der Waals surface area contributed by atoms with Crippen LogP contribution in [0.1, 0.15) is 37.9 Å². The first-order chi connectivity index (χ1) is 6.98.